The molecule has 2 heterocycles. The molecule has 0 saturated heterocycles. The van der Waals surface area contributed by atoms with Crippen molar-refractivity contribution in [2.24, 2.45) is 5.84 Å². The average molecular weight is 282 g/mol. The van der Waals surface area contributed by atoms with Gasteiger partial charge in [0.1, 0.15) is 0 Å². The number of pyridine rings is 1. The molecule has 21 heavy (non-hydrogen) atoms. The van der Waals surface area contributed by atoms with Crippen molar-refractivity contribution in [3.8, 4) is 0 Å². The number of carbonyl (C=O) groups excluding carboxylic acids is 1. The lowest BCUT2D eigenvalue weighted by Gasteiger charge is -2.20. The first-order chi connectivity index (χ1) is 10.0. The van der Waals surface area contributed by atoms with Gasteiger partial charge in [-0.1, -0.05) is 18.2 Å². The van der Waals surface area contributed by atoms with Crippen LogP contribution < -0.4 is 16.2 Å². The van der Waals surface area contributed by atoms with E-state index in [0.717, 1.165) is 22.6 Å². The van der Waals surface area contributed by atoms with Crippen molar-refractivity contribution in [1.82, 2.24) is 4.98 Å². The summed E-state index contributed by atoms with van der Waals surface area (Å²) in [5.41, 5.74) is 5.69. The van der Waals surface area contributed by atoms with Crippen molar-refractivity contribution in [2.75, 3.05) is 10.3 Å². The topological polar surface area (TPSA) is 71.2 Å². The van der Waals surface area contributed by atoms with Gasteiger partial charge in [-0.3, -0.25) is 15.6 Å². The lowest BCUT2D eigenvalue weighted by molar-refractivity contribution is -0.122. The Balaban J connectivity index is 1.97. The maximum atomic E-state index is 12.7. The predicted molar refractivity (Wildman–Crippen MR) is 82.7 cm³/mol. The molecule has 0 bridgehead atoms. The van der Waals surface area contributed by atoms with Gasteiger partial charge in [0.2, 0.25) is 5.91 Å². The van der Waals surface area contributed by atoms with E-state index in [1.54, 1.807) is 17.2 Å². The molecule has 3 N–H and O–H groups in total. The molecule has 1 aromatic heterocycles. The Kier molecular flexibility index (Phi) is 3.14. The number of nitrogen functional groups attached to an aromatic ring is 1. The Morgan fingerprint density at radius 2 is 2.05 bits per heavy atom. The molecule has 0 radical (unpaired) electrons. The van der Waals surface area contributed by atoms with Crippen LogP contribution in [0.4, 0.5) is 11.4 Å². The van der Waals surface area contributed by atoms with E-state index in [4.69, 9.17) is 5.84 Å². The van der Waals surface area contributed by atoms with Gasteiger partial charge in [-0.25, -0.2) is 0 Å². The van der Waals surface area contributed by atoms with Crippen LogP contribution in [-0.4, -0.2) is 10.9 Å². The van der Waals surface area contributed by atoms with Gasteiger partial charge < -0.3 is 10.3 Å². The zero-order valence-corrected chi connectivity index (χ0v) is 12.1. The first-order valence-corrected chi connectivity index (χ1v) is 6.87. The quantitative estimate of drug-likeness (QED) is 0.668. The standard InChI is InChI=1S/C16H18N4O/c1-16(2)13-5-3-4-6-14(13)20(15(16)21)10-12-9-11(19-17)7-8-18-12/h3-9H,10,17H2,1-2H3,(H,18,19). The van der Waals surface area contributed by atoms with Crippen molar-refractivity contribution in [3.63, 3.8) is 0 Å². The Bertz CT molecular complexity index is 696. The number of anilines is 2. The van der Waals surface area contributed by atoms with Gasteiger partial charge in [0.25, 0.3) is 0 Å². The fourth-order valence-electron chi connectivity index (χ4n) is 2.77. The fraction of sp³-hybridized carbons (Fsp3) is 0.250. The van der Waals surface area contributed by atoms with Gasteiger partial charge in [-0.15, -0.1) is 0 Å². The monoisotopic (exact) mass is 282 g/mol. The van der Waals surface area contributed by atoms with Crippen LogP contribution in [0.5, 0.6) is 0 Å². The van der Waals surface area contributed by atoms with Crippen molar-refractivity contribution in [1.29, 1.82) is 0 Å². The number of nitrogens with two attached hydrogens (primary N) is 1. The van der Waals surface area contributed by atoms with E-state index in [1.165, 1.54) is 0 Å². The van der Waals surface area contributed by atoms with Gasteiger partial charge in [-0.2, -0.15) is 0 Å². The second-order valence-corrected chi connectivity index (χ2v) is 5.71. The average Bonchev–Trinajstić information content (AvgIpc) is 2.69. The molecule has 0 fully saturated rings. The molecule has 1 aliphatic heterocycles. The third-order valence-corrected chi connectivity index (χ3v) is 3.95. The van der Waals surface area contributed by atoms with Gasteiger partial charge in [0.05, 0.1) is 23.3 Å². The maximum Gasteiger partial charge on any atom is 0.237 e. The third-order valence-electron chi connectivity index (χ3n) is 3.95. The van der Waals surface area contributed by atoms with E-state index in [0.29, 0.717) is 6.54 Å². The molecule has 0 aliphatic carbocycles. The number of rotatable bonds is 3. The van der Waals surface area contributed by atoms with Crippen LogP contribution >= 0.6 is 0 Å². The minimum absolute atomic E-state index is 0.0941. The molecular formula is C16H18N4O. The summed E-state index contributed by atoms with van der Waals surface area (Å²) in [5.74, 6) is 5.51. The van der Waals surface area contributed by atoms with Gasteiger partial charge in [0.15, 0.2) is 0 Å². The molecule has 1 aliphatic rings. The number of para-hydroxylation sites is 1. The first-order valence-electron chi connectivity index (χ1n) is 6.87. The van der Waals surface area contributed by atoms with E-state index in [2.05, 4.69) is 10.4 Å². The molecule has 0 spiro atoms. The maximum absolute atomic E-state index is 12.7. The molecule has 0 unspecified atom stereocenters. The second kappa shape index (κ2) is 4.86. The largest absolute Gasteiger partial charge is 0.324 e. The zero-order chi connectivity index (χ0) is 15.0. The summed E-state index contributed by atoms with van der Waals surface area (Å²) < 4.78 is 0. The summed E-state index contributed by atoms with van der Waals surface area (Å²) in [6, 6.07) is 11.5. The number of amides is 1. The fourth-order valence-corrected chi connectivity index (χ4v) is 2.77. The molecule has 1 aromatic carbocycles. The molecule has 2 aromatic rings. The highest BCUT2D eigenvalue weighted by molar-refractivity contribution is 6.07. The van der Waals surface area contributed by atoms with Crippen LogP contribution in [0.2, 0.25) is 0 Å². The van der Waals surface area contributed by atoms with Crippen molar-refractivity contribution >= 4 is 17.3 Å². The Morgan fingerprint density at radius 3 is 2.81 bits per heavy atom. The number of hydrazine groups is 1. The van der Waals surface area contributed by atoms with Crippen molar-refractivity contribution in [3.05, 3.63) is 53.9 Å². The van der Waals surface area contributed by atoms with E-state index in [-0.39, 0.29) is 5.91 Å². The molecule has 1 amide bonds. The SMILES string of the molecule is CC1(C)C(=O)N(Cc2cc(NN)ccn2)c2ccccc21. The molecule has 0 atom stereocenters. The van der Waals surface area contributed by atoms with Crippen LogP contribution in [0, 0.1) is 0 Å². The number of nitrogens with zero attached hydrogens (tertiary/aromatic N) is 2. The second-order valence-electron chi connectivity index (χ2n) is 5.71. The lowest BCUT2D eigenvalue weighted by atomic mass is 9.86. The predicted octanol–water partition coefficient (Wildman–Crippen LogP) is 2.19. The minimum Gasteiger partial charge on any atom is -0.324 e. The van der Waals surface area contributed by atoms with E-state index < -0.39 is 5.41 Å². The van der Waals surface area contributed by atoms with E-state index in [1.807, 2.05) is 44.2 Å². The van der Waals surface area contributed by atoms with E-state index in [9.17, 15) is 4.79 Å². The summed E-state index contributed by atoms with van der Waals surface area (Å²) in [7, 11) is 0. The van der Waals surface area contributed by atoms with E-state index >= 15 is 0 Å². The van der Waals surface area contributed by atoms with Crippen molar-refractivity contribution < 1.29 is 4.79 Å². The Hall–Kier alpha value is -2.40. The van der Waals surface area contributed by atoms with Crippen LogP contribution in [0.25, 0.3) is 0 Å². The highest BCUT2D eigenvalue weighted by Crippen LogP contribution is 2.41. The number of nitrogens with one attached hydrogen (secondary N) is 1. The highest BCUT2D eigenvalue weighted by atomic mass is 16.2. The normalized spacial score (nSPS) is 16.0. The minimum atomic E-state index is -0.500. The van der Waals surface area contributed by atoms with Crippen LogP contribution in [0.15, 0.2) is 42.6 Å². The molecule has 108 valence electrons. The Morgan fingerprint density at radius 1 is 1.29 bits per heavy atom. The van der Waals surface area contributed by atoms with Gasteiger partial charge in [-0.05, 0) is 37.6 Å². The molecule has 0 saturated carbocycles. The summed E-state index contributed by atoms with van der Waals surface area (Å²) in [6.07, 6.45) is 1.68. The van der Waals surface area contributed by atoms with Crippen LogP contribution in [0.1, 0.15) is 25.1 Å². The van der Waals surface area contributed by atoms with Crippen LogP contribution in [-0.2, 0) is 16.8 Å². The lowest BCUT2D eigenvalue weighted by Crippen LogP contribution is -2.35. The number of aromatic nitrogens is 1. The number of fused-ring (bicyclic) bond motifs is 1. The number of hydrogen-bond acceptors (Lipinski definition) is 4. The highest BCUT2D eigenvalue weighted by Gasteiger charge is 2.43. The molecule has 3 rings (SSSR count). The smallest absolute Gasteiger partial charge is 0.237 e. The molecule has 5 heteroatoms. The van der Waals surface area contributed by atoms with Crippen LogP contribution in [0.3, 0.4) is 0 Å². The van der Waals surface area contributed by atoms with Gasteiger partial charge >= 0.3 is 0 Å². The summed E-state index contributed by atoms with van der Waals surface area (Å²) in [5, 5.41) is 0. The zero-order valence-electron chi connectivity index (χ0n) is 12.1. The third kappa shape index (κ3) is 2.15. The van der Waals surface area contributed by atoms with Gasteiger partial charge in [0, 0.05) is 11.9 Å². The summed E-state index contributed by atoms with van der Waals surface area (Å²) in [4.78, 5) is 18.8. The number of carbonyl (C=O) groups is 1. The number of hydrogen-bond donors (Lipinski definition) is 2. The molecular weight excluding hydrogens is 264 g/mol. The first kappa shape index (κ1) is 13.6. The summed E-state index contributed by atoms with van der Waals surface area (Å²) >= 11 is 0. The summed E-state index contributed by atoms with van der Waals surface area (Å²) in [6.45, 7) is 4.35. The van der Waals surface area contributed by atoms with Crippen molar-refractivity contribution in [2.45, 2.75) is 25.8 Å². The number of benzene rings is 1. The molecule has 5 nitrogen and oxygen atoms in total. The Labute approximate surface area is 123 Å².